The van der Waals surface area contributed by atoms with Gasteiger partial charge in [-0.2, -0.15) is 0 Å². The van der Waals surface area contributed by atoms with E-state index in [4.69, 9.17) is 5.11 Å². The number of amides is 2. The fourth-order valence-electron chi connectivity index (χ4n) is 1.06. The highest BCUT2D eigenvalue weighted by molar-refractivity contribution is 5.74. The van der Waals surface area contributed by atoms with Crippen molar-refractivity contribution in [2.24, 2.45) is 0 Å². The Morgan fingerprint density at radius 2 is 2.06 bits per heavy atom. The van der Waals surface area contributed by atoms with Crippen molar-refractivity contribution in [2.75, 3.05) is 13.1 Å². The molecule has 3 N–H and O–H groups in total. The minimum atomic E-state index is -0.932. The number of hydrogen-bond acceptors (Lipinski definition) is 3. The molecule has 0 unspecified atom stereocenters. The summed E-state index contributed by atoms with van der Waals surface area (Å²) >= 11 is 0. The van der Waals surface area contributed by atoms with Gasteiger partial charge in [-0.3, -0.25) is 4.79 Å². The summed E-state index contributed by atoms with van der Waals surface area (Å²) in [5, 5.41) is 13.4. The molecule has 7 nitrogen and oxygen atoms in total. The van der Waals surface area contributed by atoms with Crippen LogP contribution >= 0.6 is 0 Å². The van der Waals surface area contributed by atoms with Crippen molar-refractivity contribution >= 4 is 12.0 Å². The first kappa shape index (κ1) is 12.0. The minimum Gasteiger partial charge on any atom is -0.481 e. The molecule has 1 rings (SSSR count). The van der Waals surface area contributed by atoms with Crippen molar-refractivity contribution in [1.82, 2.24) is 20.2 Å². The summed E-state index contributed by atoms with van der Waals surface area (Å²) in [5.41, 5.74) is 0. The highest BCUT2D eigenvalue weighted by Gasteiger charge is 2.00. The molecule has 1 heterocycles. The summed E-state index contributed by atoms with van der Waals surface area (Å²) in [6, 6.07) is -0.360. The summed E-state index contributed by atoms with van der Waals surface area (Å²) in [6.45, 7) is 1.23. The summed E-state index contributed by atoms with van der Waals surface area (Å²) in [5.74, 6) is -0.932. The molecule has 0 fully saturated rings. The zero-order valence-corrected chi connectivity index (χ0v) is 8.72. The van der Waals surface area contributed by atoms with Gasteiger partial charge in [0.05, 0.1) is 12.7 Å². The van der Waals surface area contributed by atoms with E-state index in [9.17, 15) is 9.59 Å². The van der Waals surface area contributed by atoms with E-state index in [-0.39, 0.29) is 19.0 Å². The number of rotatable bonds is 6. The molecule has 1 aromatic rings. The van der Waals surface area contributed by atoms with Crippen LogP contribution in [0.15, 0.2) is 18.7 Å². The second kappa shape index (κ2) is 6.44. The third-order valence-corrected chi connectivity index (χ3v) is 1.84. The van der Waals surface area contributed by atoms with Crippen molar-refractivity contribution in [3.63, 3.8) is 0 Å². The Bertz CT molecular complexity index is 337. The third kappa shape index (κ3) is 4.99. The number of carbonyl (C=O) groups is 2. The lowest BCUT2D eigenvalue weighted by Gasteiger charge is -2.06. The Kier molecular flexibility index (Phi) is 4.84. The van der Waals surface area contributed by atoms with Gasteiger partial charge in [0.2, 0.25) is 0 Å². The lowest BCUT2D eigenvalue weighted by atomic mass is 10.4. The molecule has 0 spiro atoms. The number of aromatic nitrogens is 2. The maximum atomic E-state index is 11.1. The number of carboxylic acids is 1. The van der Waals surface area contributed by atoms with Gasteiger partial charge in [0.1, 0.15) is 0 Å². The van der Waals surface area contributed by atoms with E-state index in [1.54, 1.807) is 18.7 Å². The SMILES string of the molecule is O=C(O)CCNC(=O)NCCn1ccnc1. The number of hydrogen-bond donors (Lipinski definition) is 3. The summed E-state index contributed by atoms with van der Waals surface area (Å²) < 4.78 is 1.83. The highest BCUT2D eigenvalue weighted by atomic mass is 16.4. The van der Waals surface area contributed by atoms with Crippen molar-refractivity contribution < 1.29 is 14.7 Å². The van der Waals surface area contributed by atoms with Crippen molar-refractivity contribution in [1.29, 1.82) is 0 Å². The van der Waals surface area contributed by atoms with Gasteiger partial charge in [0, 0.05) is 32.0 Å². The van der Waals surface area contributed by atoms with Crippen molar-refractivity contribution in [2.45, 2.75) is 13.0 Å². The first-order valence-corrected chi connectivity index (χ1v) is 4.87. The molecule has 1 aromatic heterocycles. The Morgan fingerprint density at radius 3 is 2.69 bits per heavy atom. The molecular weight excluding hydrogens is 212 g/mol. The summed E-state index contributed by atoms with van der Waals surface area (Å²) in [7, 11) is 0. The van der Waals surface area contributed by atoms with E-state index in [0.717, 1.165) is 0 Å². The van der Waals surface area contributed by atoms with Crippen LogP contribution < -0.4 is 10.6 Å². The van der Waals surface area contributed by atoms with Crippen LogP contribution in [0.2, 0.25) is 0 Å². The fourth-order valence-corrected chi connectivity index (χ4v) is 1.06. The average Bonchev–Trinajstić information content (AvgIpc) is 2.70. The molecule has 0 aromatic carbocycles. The fraction of sp³-hybridized carbons (Fsp3) is 0.444. The zero-order valence-electron chi connectivity index (χ0n) is 8.72. The van der Waals surface area contributed by atoms with E-state index >= 15 is 0 Å². The molecule has 88 valence electrons. The predicted molar refractivity (Wildman–Crippen MR) is 55.9 cm³/mol. The van der Waals surface area contributed by atoms with Crippen molar-refractivity contribution in [3.05, 3.63) is 18.7 Å². The van der Waals surface area contributed by atoms with Crippen LogP contribution in [0.4, 0.5) is 4.79 Å². The third-order valence-electron chi connectivity index (χ3n) is 1.84. The number of nitrogens with zero attached hydrogens (tertiary/aromatic N) is 2. The molecule has 7 heteroatoms. The molecule has 0 bridgehead atoms. The van der Waals surface area contributed by atoms with Gasteiger partial charge < -0.3 is 20.3 Å². The van der Waals surface area contributed by atoms with Crippen LogP contribution in [0.1, 0.15) is 6.42 Å². The Hall–Kier alpha value is -2.05. The Balaban J connectivity index is 2.04. The number of carbonyl (C=O) groups excluding carboxylic acids is 1. The van der Waals surface area contributed by atoms with Crippen LogP contribution in [0.25, 0.3) is 0 Å². The second-order valence-electron chi connectivity index (χ2n) is 3.13. The standard InChI is InChI=1S/C9H14N4O3/c14-8(15)1-2-11-9(16)12-4-6-13-5-3-10-7-13/h3,5,7H,1-2,4,6H2,(H,14,15)(H2,11,12,16). The number of carboxylic acid groups (broad SMARTS) is 1. The predicted octanol–water partition coefficient (Wildman–Crippen LogP) is -0.343. The smallest absolute Gasteiger partial charge is 0.314 e. The molecular formula is C9H14N4O3. The van der Waals surface area contributed by atoms with E-state index in [2.05, 4.69) is 15.6 Å². The van der Waals surface area contributed by atoms with Gasteiger partial charge in [0.25, 0.3) is 0 Å². The number of nitrogens with one attached hydrogen (secondary N) is 2. The molecule has 0 aliphatic rings. The molecule has 0 aliphatic heterocycles. The monoisotopic (exact) mass is 226 g/mol. The topological polar surface area (TPSA) is 96.3 Å². The van der Waals surface area contributed by atoms with Gasteiger partial charge in [0.15, 0.2) is 0 Å². The second-order valence-corrected chi connectivity index (χ2v) is 3.13. The number of aliphatic carboxylic acids is 1. The van der Waals surface area contributed by atoms with E-state index in [1.807, 2.05) is 4.57 Å². The maximum Gasteiger partial charge on any atom is 0.314 e. The lowest BCUT2D eigenvalue weighted by Crippen LogP contribution is -2.38. The van der Waals surface area contributed by atoms with E-state index in [1.165, 1.54) is 0 Å². The lowest BCUT2D eigenvalue weighted by molar-refractivity contribution is -0.136. The first-order valence-electron chi connectivity index (χ1n) is 4.87. The van der Waals surface area contributed by atoms with Gasteiger partial charge in [-0.15, -0.1) is 0 Å². The summed E-state index contributed by atoms with van der Waals surface area (Å²) in [6.07, 6.45) is 5.04. The number of imidazole rings is 1. The zero-order chi connectivity index (χ0) is 11.8. The van der Waals surface area contributed by atoms with Crippen molar-refractivity contribution in [3.8, 4) is 0 Å². The van der Waals surface area contributed by atoms with Crippen LogP contribution in [-0.4, -0.2) is 39.7 Å². The maximum absolute atomic E-state index is 11.1. The molecule has 0 radical (unpaired) electrons. The van der Waals surface area contributed by atoms with Gasteiger partial charge >= 0.3 is 12.0 Å². The van der Waals surface area contributed by atoms with Gasteiger partial charge in [-0.1, -0.05) is 0 Å². The average molecular weight is 226 g/mol. The largest absolute Gasteiger partial charge is 0.481 e. The molecule has 2 amide bonds. The minimum absolute atomic E-state index is 0.0745. The van der Waals surface area contributed by atoms with Crippen LogP contribution in [-0.2, 0) is 11.3 Å². The van der Waals surface area contributed by atoms with Crippen LogP contribution in [0.3, 0.4) is 0 Å². The van der Waals surface area contributed by atoms with E-state index < -0.39 is 5.97 Å². The Morgan fingerprint density at radius 1 is 1.31 bits per heavy atom. The molecule has 0 saturated carbocycles. The molecule has 0 saturated heterocycles. The summed E-state index contributed by atoms with van der Waals surface area (Å²) in [4.78, 5) is 25.1. The normalized spacial score (nSPS) is 9.75. The van der Waals surface area contributed by atoms with E-state index in [0.29, 0.717) is 13.1 Å². The van der Waals surface area contributed by atoms with Gasteiger partial charge in [-0.05, 0) is 0 Å². The Labute approximate surface area is 92.5 Å². The van der Waals surface area contributed by atoms with Crippen LogP contribution in [0, 0.1) is 0 Å². The van der Waals surface area contributed by atoms with Gasteiger partial charge in [-0.25, -0.2) is 9.78 Å². The molecule has 16 heavy (non-hydrogen) atoms. The quantitative estimate of drug-likeness (QED) is 0.618. The van der Waals surface area contributed by atoms with Crippen LogP contribution in [0.5, 0.6) is 0 Å². The highest BCUT2D eigenvalue weighted by Crippen LogP contribution is 1.83. The molecule has 0 atom stereocenters. The molecule has 0 aliphatic carbocycles. The number of urea groups is 1. The first-order chi connectivity index (χ1) is 7.68.